The van der Waals surface area contributed by atoms with Crippen LogP contribution in [-0.2, 0) is 19.5 Å². The Morgan fingerprint density at radius 2 is 1.86 bits per heavy atom. The van der Waals surface area contributed by atoms with Crippen LogP contribution in [0, 0.1) is 5.82 Å². The van der Waals surface area contributed by atoms with Gasteiger partial charge in [0, 0.05) is 23.8 Å². The Bertz CT molecular complexity index is 1380. The molecule has 0 fully saturated rings. The summed E-state index contributed by atoms with van der Waals surface area (Å²) in [5.74, 6) is -1.61. The van der Waals surface area contributed by atoms with Crippen LogP contribution in [-0.4, -0.2) is 26.5 Å². The van der Waals surface area contributed by atoms with E-state index in [-0.39, 0.29) is 29.8 Å². The molecule has 2 aromatic carbocycles. The topological polar surface area (TPSA) is 84.2 Å². The molecule has 0 aliphatic heterocycles. The van der Waals surface area contributed by atoms with Crippen LogP contribution in [0.4, 0.5) is 4.39 Å². The minimum Gasteiger partial charge on any atom is -0.478 e. The van der Waals surface area contributed by atoms with Crippen molar-refractivity contribution in [3.8, 4) is 0 Å². The third-order valence-electron chi connectivity index (χ3n) is 6.10. The third-order valence-corrected chi connectivity index (χ3v) is 6.10. The zero-order valence-electron chi connectivity index (χ0n) is 20.0. The van der Waals surface area contributed by atoms with E-state index in [9.17, 15) is 19.1 Å². The van der Waals surface area contributed by atoms with Gasteiger partial charge in [-0.25, -0.2) is 9.18 Å². The molecule has 0 atom stereocenters. The van der Waals surface area contributed by atoms with E-state index in [1.54, 1.807) is 30.5 Å². The second-order valence-electron chi connectivity index (χ2n) is 8.82. The molecule has 0 saturated carbocycles. The van der Waals surface area contributed by atoms with Crippen molar-refractivity contribution in [2.45, 2.75) is 46.2 Å². The lowest BCUT2D eigenvalue weighted by atomic mass is 9.97. The van der Waals surface area contributed by atoms with Crippen LogP contribution >= 0.6 is 0 Å². The molecule has 2 aromatic heterocycles. The average Bonchev–Trinajstić information content (AvgIpc) is 3.18. The predicted molar refractivity (Wildman–Crippen MR) is 133 cm³/mol. The van der Waals surface area contributed by atoms with Crippen molar-refractivity contribution in [1.82, 2.24) is 14.9 Å². The van der Waals surface area contributed by atoms with E-state index in [2.05, 4.69) is 10.3 Å². The first kappa shape index (κ1) is 24.1. The van der Waals surface area contributed by atoms with Crippen LogP contribution < -0.4 is 5.32 Å². The summed E-state index contributed by atoms with van der Waals surface area (Å²) < 4.78 is 15.3. The van der Waals surface area contributed by atoms with E-state index in [4.69, 9.17) is 0 Å². The van der Waals surface area contributed by atoms with Crippen LogP contribution in [0.1, 0.15) is 69.9 Å². The molecule has 0 aliphatic carbocycles. The molecule has 4 aromatic rings. The van der Waals surface area contributed by atoms with E-state index in [1.165, 1.54) is 12.1 Å². The number of carbonyl (C=O) groups excluding carboxylic acids is 1. The van der Waals surface area contributed by atoms with Crippen LogP contribution in [0.15, 0.2) is 60.8 Å². The molecule has 180 valence electrons. The van der Waals surface area contributed by atoms with Gasteiger partial charge in [-0.1, -0.05) is 39.0 Å². The first-order chi connectivity index (χ1) is 16.8. The zero-order chi connectivity index (χ0) is 25.1. The third kappa shape index (κ3) is 4.94. The minimum absolute atomic E-state index is 0.0179. The lowest BCUT2D eigenvalue weighted by Gasteiger charge is -2.15. The summed E-state index contributed by atoms with van der Waals surface area (Å²) in [6, 6.07) is 14.9. The normalized spacial score (nSPS) is 11.2. The molecular weight excluding hydrogens is 445 g/mol. The number of rotatable bonds is 8. The summed E-state index contributed by atoms with van der Waals surface area (Å²) >= 11 is 0. The maximum Gasteiger partial charge on any atom is 0.335 e. The van der Waals surface area contributed by atoms with Gasteiger partial charge in [0.05, 0.1) is 28.9 Å². The Morgan fingerprint density at radius 3 is 2.46 bits per heavy atom. The van der Waals surface area contributed by atoms with Crippen molar-refractivity contribution in [3.05, 3.63) is 100 Å². The first-order valence-electron chi connectivity index (χ1n) is 11.6. The van der Waals surface area contributed by atoms with E-state index in [1.807, 2.05) is 43.5 Å². The monoisotopic (exact) mass is 473 g/mol. The zero-order valence-corrected chi connectivity index (χ0v) is 20.0. The number of carboxylic acid groups (broad SMARTS) is 1. The molecule has 2 N–H and O–H groups in total. The van der Waals surface area contributed by atoms with E-state index in [0.717, 1.165) is 27.9 Å². The number of aromatic nitrogens is 2. The summed E-state index contributed by atoms with van der Waals surface area (Å²) in [6.45, 7) is 6.64. The molecule has 35 heavy (non-hydrogen) atoms. The number of aryl methyl sites for hydroxylation is 1. The molecular formula is C28H28FN3O3. The van der Waals surface area contributed by atoms with E-state index >= 15 is 0 Å². The highest BCUT2D eigenvalue weighted by Crippen LogP contribution is 2.35. The van der Waals surface area contributed by atoms with Crippen molar-refractivity contribution < 1.29 is 19.1 Å². The average molecular weight is 474 g/mol. The van der Waals surface area contributed by atoms with Gasteiger partial charge in [-0.2, -0.15) is 0 Å². The van der Waals surface area contributed by atoms with Gasteiger partial charge in [0.1, 0.15) is 5.82 Å². The number of pyridine rings is 1. The maximum absolute atomic E-state index is 13.6. The molecule has 0 bridgehead atoms. The number of halogens is 1. The minimum atomic E-state index is -1.01. The number of aromatic carboxylic acids is 1. The van der Waals surface area contributed by atoms with Gasteiger partial charge in [-0.15, -0.1) is 0 Å². The Hall–Kier alpha value is -4.00. The van der Waals surface area contributed by atoms with Crippen molar-refractivity contribution in [2.24, 2.45) is 0 Å². The number of nitrogens with zero attached hydrogens (tertiary/aromatic N) is 2. The number of amides is 1. The summed E-state index contributed by atoms with van der Waals surface area (Å²) in [6.07, 6.45) is 2.29. The Balaban J connectivity index is 1.90. The van der Waals surface area contributed by atoms with Crippen molar-refractivity contribution >= 4 is 22.8 Å². The molecule has 7 heteroatoms. The molecule has 0 spiro atoms. The number of carbonyl (C=O) groups is 2. The lowest BCUT2D eigenvalue weighted by molar-refractivity contribution is 0.0696. The second-order valence-corrected chi connectivity index (χ2v) is 8.82. The van der Waals surface area contributed by atoms with Gasteiger partial charge < -0.3 is 15.0 Å². The molecule has 0 radical (unpaired) electrons. The fourth-order valence-corrected chi connectivity index (χ4v) is 4.51. The van der Waals surface area contributed by atoms with Gasteiger partial charge >= 0.3 is 5.97 Å². The van der Waals surface area contributed by atoms with Crippen LogP contribution in [0.5, 0.6) is 0 Å². The molecule has 6 nitrogen and oxygen atoms in total. The fraction of sp³-hybridized carbons (Fsp3) is 0.250. The van der Waals surface area contributed by atoms with Crippen molar-refractivity contribution in [1.29, 1.82) is 0 Å². The van der Waals surface area contributed by atoms with Crippen LogP contribution in [0.2, 0.25) is 0 Å². The number of fused-ring (bicyclic) bond motifs is 1. The number of hydrogen-bond donors (Lipinski definition) is 2. The van der Waals surface area contributed by atoms with Crippen LogP contribution in [0.25, 0.3) is 10.9 Å². The molecule has 0 aliphatic rings. The standard InChI is InChI=1S/C28H28FN3O3/c1-4-19-13-20(28(34)35)14-23-24(19)25(27(33)31-15-18-8-10-21(29)11-9-18)26(17(2)3)32(23)16-22-7-5-6-12-30-22/h5-14,17H,4,15-16H2,1-3H3,(H,31,33)(H,34,35). The van der Waals surface area contributed by atoms with Gasteiger partial charge in [0.2, 0.25) is 0 Å². The smallest absolute Gasteiger partial charge is 0.335 e. The van der Waals surface area contributed by atoms with Crippen molar-refractivity contribution in [2.75, 3.05) is 0 Å². The molecule has 2 heterocycles. The Morgan fingerprint density at radius 1 is 1.11 bits per heavy atom. The highest BCUT2D eigenvalue weighted by molar-refractivity contribution is 6.11. The van der Waals surface area contributed by atoms with E-state index in [0.29, 0.717) is 24.0 Å². The first-order valence-corrected chi connectivity index (χ1v) is 11.6. The number of nitrogens with one attached hydrogen (secondary N) is 1. The summed E-state index contributed by atoms with van der Waals surface area (Å²) in [5.41, 5.74) is 4.64. The van der Waals surface area contributed by atoms with Gasteiger partial charge in [-0.3, -0.25) is 9.78 Å². The van der Waals surface area contributed by atoms with Crippen LogP contribution in [0.3, 0.4) is 0 Å². The summed E-state index contributed by atoms with van der Waals surface area (Å²) in [5, 5.41) is 13.5. The van der Waals surface area contributed by atoms with Gasteiger partial charge in [0.25, 0.3) is 5.91 Å². The quantitative estimate of drug-likeness (QED) is 0.352. The van der Waals surface area contributed by atoms with E-state index < -0.39 is 5.97 Å². The van der Waals surface area contributed by atoms with Crippen molar-refractivity contribution in [3.63, 3.8) is 0 Å². The number of benzene rings is 2. The summed E-state index contributed by atoms with van der Waals surface area (Å²) in [4.78, 5) is 30.0. The van der Waals surface area contributed by atoms with Gasteiger partial charge in [-0.05, 0) is 59.9 Å². The molecule has 0 unspecified atom stereocenters. The highest BCUT2D eigenvalue weighted by Gasteiger charge is 2.27. The molecule has 4 rings (SSSR count). The van der Waals surface area contributed by atoms with Gasteiger partial charge in [0.15, 0.2) is 0 Å². The SMILES string of the molecule is CCc1cc(C(=O)O)cc2c1c(C(=O)NCc1ccc(F)cc1)c(C(C)C)n2Cc1ccccn1. The second kappa shape index (κ2) is 10.1. The number of carboxylic acids is 1. The largest absolute Gasteiger partial charge is 0.478 e. The maximum atomic E-state index is 13.6. The summed E-state index contributed by atoms with van der Waals surface area (Å²) in [7, 11) is 0. The molecule has 0 saturated heterocycles. The molecule has 1 amide bonds. The lowest BCUT2D eigenvalue weighted by Crippen LogP contribution is -2.24. The highest BCUT2D eigenvalue weighted by atomic mass is 19.1. The number of hydrogen-bond acceptors (Lipinski definition) is 3. The predicted octanol–water partition coefficient (Wildman–Crippen LogP) is 5.54. The Labute approximate surface area is 203 Å². The fourth-order valence-electron chi connectivity index (χ4n) is 4.51. The Kier molecular flexibility index (Phi) is 6.96.